The molecule has 10 heteroatoms. The lowest BCUT2D eigenvalue weighted by atomic mass is 9.76. The van der Waals surface area contributed by atoms with Gasteiger partial charge in [-0.2, -0.15) is 17.5 Å². The number of sulfonamides is 1. The molecule has 1 heterocycles. The minimum absolute atomic E-state index is 0.00206. The molecule has 1 aliphatic rings. The lowest BCUT2D eigenvalue weighted by molar-refractivity contribution is -0.153. The highest BCUT2D eigenvalue weighted by molar-refractivity contribution is 7.89. The van der Waals surface area contributed by atoms with Crippen molar-refractivity contribution in [3.05, 3.63) is 87.9 Å². The molecule has 228 valence electrons. The average molecular weight is 606 g/mol. The Labute approximate surface area is 245 Å². The van der Waals surface area contributed by atoms with E-state index in [1.54, 1.807) is 39.8 Å². The summed E-state index contributed by atoms with van der Waals surface area (Å²) in [5.74, 6) is -1.93. The van der Waals surface area contributed by atoms with E-state index in [9.17, 15) is 31.5 Å². The number of alkyl halides is 3. The summed E-state index contributed by atoms with van der Waals surface area (Å²) in [4.78, 5) is 11.9. The predicted octanol–water partition coefficient (Wildman–Crippen LogP) is 7.75. The van der Waals surface area contributed by atoms with Crippen molar-refractivity contribution in [1.82, 2.24) is 4.31 Å². The number of aliphatic carboxylic acids is 1. The summed E-state index contributed by atoms with van der Waals surface area (Å²) >= 11 is 0. The number of carboxylic acid groups (broad SMARTS) is 1. The lowest BCUT2D eigenvalue weighted by Gasteiger charge is -2.33. The molecule has 0 radical (unpaired) electrons. The maximum atomic E-state index is 14.1. The fourth-order valence-corrected chi connectivity index (χ4v) is 7.90. The summed E-state index contributed by atoms with van der Waals surface area (Å²) in [6.45, 7) is 8.53. The smallest absolute Gasteiger partial charge is 0.449 e. The van der Waals surface area contributed by atoms with Crippen molar-refractivity contribution in [2.75, 3.05) is 6.54 Å². The van der Waals surface area contributed by atoms with Crippen molar-refractivity contribution in [1.29, 1.82) is 0 Å². The molecule has 1 N–H and O–H groups in total. The molecule has 0 aliphatic heterocycles. The molecule has 0 unspecified atom stereocenters. The van der Waals surface area contributed by atoms with Crippen LogP contribution in [-0.2, 0) is 33.0 Å². The van der Waals surface area contributed by atoms with Gasteiger partial charge in [-0.05, 0) is 107 Å². The first-order valence-electron chi connectivity index (χ1n) is 14.1. The second-order valence-electron chi connectivity index (χ2n) is 12.1. The van der Waals surface area contributed by atoms with E-state index in [2.05, 4.69) is 0 Å². The number of hydrogen-bond acceptors (Lipinski definition) is 4. The van der Waals surface area contributed by atoms with Crippen LogP contribution in [0.1, 0.15) is 84.8 Å². The first kappa shape index (κ1) is 31.8. The van der Waals surface area contributed by atoms with Gasteiger partial charge in [0.2, 0.25) is 15.8 Å². The van der Waals surface area contributed by atoms with E-state index >= 15 is 0 Å². The van der Waals surface area contributed by atoms with Crippen LogP contribution in [0.25, 0.3) is 0 Å². The second kappa shape index (κ2) is 11.9. The number of carboxylic acids is 1. The van der Waals surface area contributed by atoms with Gasteiger partial charge in [0, 0.05) is 6.54 Å². The lowest BCUT2D eigenvalue weighted by Crippen LogP contribution is -2.36. The molecular formula is C32H38F3NO5S. The number of benzene rings is 2. The average Bonchev–Trinajstić information content (AvgIpc) is 3.37. The largest absolute Gasteiger partial charge is 0.481 e. The molecule has 0 spiro atoms. The monoisotopic (exact) mass is 605 g/mol. The summed E-state index contributed by atoms with van der Waals surface area (Å²) in [7, 11) is -4.06. The molecule has 0 atom stereocenters. The molecule has 1 saturated carbocycles. The maximum Gasteiger partial charge on any atom is 0.449 e. The number of nitrogens with zero attached hydrogens (tertiary/aromatic N) is 1. The van der Waals surface area contributed by atoms with Gasteiger partial charge < -0.3 is 9.52 Å². The number of hydrogen-bond donors (Lipinski definition) is 1. The topological polar surface area (TPSA) is 87.8 Å². The van der Waals surface area contributed by atoms with E-state index in [1.807, 2.05) is 31.2 Å². The van der Waals surface area contributed by atoms with Crippen LogP contribution in [0.15, 0.2) is 57.8 Å². The Hall–Kier alpha value is -3.11. The third kappa shape index (κ3) is 6.75. The van der Waals surface area contributed by atoms with Crippen molar-refractivity contribution < 1.29 is 35.9 Å². The Balaban J connectivity index is 1.57. The number of aryl methyl sites for hydroxylation is 3. The van der Waals surface area contributed by atoms with Crippen LogP contribution >= 0.6 is 0 Å². The van der Waals surface area contributed by atoms with Gasteiger partial charge in [-0.15, -0.1) is 0 Å². The van der Waals surface area contributed by atoms with Crippen LogP contribution in [-0.4, -0.2) is 30.3 Å². The van der Waals surface area contributed by atoms with Crippen LogP contribution in [0.2, 0.25) is 0 Å². The Morgan fingerprint density at radius 2 is 1.60 bits per heavy atom. The molecular weight excluding hydrogens is 567 g/mol. The standard InChI is InChI=1S/C32H38F3NO5S/c1-20-15-21(2)29(22(3)16-20)42(39,40)36(19-27-13-14-28(41-27)32(33,34)35)18-23-9-11-24(12-10-23)25-7-6-8-26(17-25)31(4,5)30(37)38/h6-8,13-17,23-24H,9-12,18-19H2,1-5H3,(H,37,38). The van der Waals surface area contributed by atoms with Gasteiger partial charge >= 0.3 is 12.1 Å². The molecule has 4 rings (SSSR count). The minimum atomic E-state index is -4.67. The van der Waals surface area contributed by atoms with Gasteiger partial charge in [-0.3, -0.25) is 4.79 Å². The van der Waals surface area contributed by atoms with Gasteiger partial charge in [0.15, 0.2) is 0 Å². The third-order valence-electron chi connectivity index (χ3n) is 8.40. The Kier molecular flexibility index (Phi) is 9.00. The fraction of sp³-hybridized carbons (Fsp3) is 0.469. The highest BCUT2D eigenvalue weighted by atomic mass is 32.2. The quantitative estimate of drug-likeness (QED) is 0.270. The summed E-state index contributed by atoms with van der Waals surface area (Å²) in [5.41, 5.74) is 2.86. The van der Waals surface area contributed by atoms with Gasteiger partial charge in [0.25, 0.3) is 0 Å². The molecule has 1 fully saturated rings. The van der Waals surface area contributed by atoms with Gasteiger partial charge in [0.05, 0.1) is 16.9 Å². The zero-order chi connectivity index (χ0) is 31.0. The Bertz CT molecular complexity index is 1530. The summed E-state index contributed by atoms with van der Waals surface area (Å²) in [5, 5.41) is 9.64. The van der Waals surface area contributed by atoms with Crippen LogP contribution in [0.4, 0.5) is 13.2 Å². The normalized spacial score (nSPS) is 18.4. The van der Waals surface area contributed by atoms with Gasteiger partial charge in [-0.1, -0.05) is 42.0 Å². The summed E-state index contributed by atoms with van der Waals surface area (Å²) < 4.78 is 74.0. The van der Waals surface area contributed by atoms with Crippen LogP contribution in [0.3, 0.4) is 0 Å². The SMILES string of the molecule is Cc1cc(C)c(S(=O)(=O)N(Cc2ccc(C(F)(F)F)o2)CC2CCC(c3cccc(C(C)(C)C(=O)O)c3)CC2)c(C)c1. The van der Waals surface area contributed by atoms with E-state index in [0.29, 0.717) is 11.1 Å². The van der Waals surface area contributed by atoms with Crippen molar-refractivity contribution in [2.45, 2.75) is 89.3 Å². The van der Waals surface area contributed by atoms with Crippen LogP contribution in [0.5, 0.6) is 0 Å². The highest BCUT2D eigenvalue weighted by Gasteiger charge is 2.37. The summed E-state index contributed by atoms with van der Waals surface area (Å²) in [6, 6.07) is 13.2. The van der Waals surface area contributed by atoms with E-state index in [0.717, 1.165) is 48.4 Å². The minimum Gasteiger partial charge on any atom is -0.481 e. The van der Waals surface area contributed by atoms with E-state index in [4.69, 9.17) is 4.42 Å². The number of carbonyl (C=O) groups is 1. The third-order valence-corrected chi connectivity index (χ3v) is 10.5. The first-order chi connectivity index (χ1) is 19.5. The van der Waals surface area contributed by atoms with Gasteiger partial charge in [0.1, 0.15) is 5.76 Å². The van der Waals surface area contributed by atoms with Crippen molar-refractivity contribution >= 4 is 16.0 Å². The zero-order valence-electron chi connectivity index (χ0n) is 24.6. The molecule has 1 aromatic heterocycles. The van der Waals surface area contributed by atoms with Gasteiger partial charge in [-0.25, -0.2) is 8.42 Å². The molecule has 3 aromatic rings. The van der Waals surface area contributed by atoms with Crippen molar-refractivity contribution in [3.63, 3.8) is 0 Å². The number of halogens is 3. The van der Waals surface area contributed by atoms with E-state index < -0.39 is 33.3 Å². The van der Waals surface area contributed by atoms with Crippen molar-refractivity contribution in [3.8, 4) is 0 Å². The Morgan fingerprint density at radius 3 is 2.14 bits per heavy atom. The summed E-state index contributed by atoms with van der Waals surface area (Å²) in [6.07, 6.45) is -1.64. The fourth-order valence-electron chi connectivity index (χ4n) is 6.01. The van der Waals surface area contributed by atoms with E-state index in [-0.39, 0.29) is 35.6 Å². The number of rotatable bonds is 9. The predicted molar refractivity (Wildman–Crippen MR) is 154 cm³/mol. The molecule has 0 amide bonds. The Morgan fingerprint density at radius 1 is 0.976 bits per heavy atom. The molecule has 2 aromatic carbocycles. The first-order valence-corrected chi connectivity index (χ1v) is 15.5. The molecule has 42 heavy (non-hydrogen) atoms. The molecule has 0 bridgehead atoms. The van der Waals surface area contributed by atoms with Crippen LogP contribution in [0, 0.1) is 26.7 Å². The molecule has 0 saturated heterocycles. The zero-order valence-corrected chi connectivity index (χ0v) is 25.4. The van der Waals surface area contributed by atoms with E-state index in [1.165, 1.54) is 10.4 Å². The molecule has 6 nitrogen and oxygen atoms in total. The van der Waals surface area contributed by atoms with Crippen LogP contribution < -0.4 is 0 Å². The maximum absolute atomic E-state index is 14.1. The van der Waals surface area contributed by atoms with Crippen molar-refractivity contribution in [2.24, 2.45) is 5.92 Å². The highest BCUT2D eigenvalue weighted by Crippen LogP contribution is 2.39. The number of furan rings is 1. The second-order valence-corrected chi connectivity index (χ2v) is 13.9. The molecule has 1 aliphatic carbocycles.